The van der Waals surface area contributed by atoms with Crippen molar-refractivity contribution in [3.63, 3.8) is 0 Å². The first-order valence-electron chi connectivity index (χ1n) is 4.90. The van der Waals surface area contributed by atoms with Crippen molar-refractivity contribution >= 4 is 0 Å². The number of nitrogens with zero attached hydrogens (tertiary/aromatic N) is 1. The molecule has 0 aliphatic carbocycles. The molecule has 0 spiro atoms. The molecule has 1 aromatic rings. The summed E-state index contributed by atoms with van der Waals surface area (Å²) < 4.78 is 5.28. The largest absolute Gasteiger partial charge is 0.469 e. The molecule has 0 bridgehead atoms. The van der Waals surface area contributed by atoms with Crippen molar-refractivity contribution in [3.05, 3.63) is 24.2 Å². The summed E-state index contributed by atoms with van der Waals surface area (Å²) in [5.74, 6) is 0.951. The van der Waals surface area contributed by atoms with E-state index in [-0.39, 0.29) is 11.6 Å². The molecule has 0 saturated heterocycles. The van der Waals surface area contributed by atoms with Crippen LogP contribution in [0.4, 0.5) is 0 Å². The molecule has 1 atom stereocenters. The van der Waals surface area contributed by atoms with Crippen molar-refractivity contribution in [2.45, 2.75) is 31.8 Å². The molecular weight excluding hydrogens is 176 g/mol. The summed E-state index contributed by atoms with van der Waals surface area (Å²) in [6, 6.07) is 3.93. The van der Waals surface area contributed by atoms with Gasteiger partial charge in [-0.2, -0.15) is 0 Å². The molecule has 1 rings (SSSR count). The maximum absolute atomic E-state index is 6.14. The molecule has 1 heterocycles. The van der Waals surface area contributed by atoms with Crippen LogP contribution >= 0.6 is 0 Å². The van der Waals surface area contributed by atoms with Crippen LogP contribution in [0.1, 0.15) is 19.6 Å². The van der Waals surface area contributed by atoms with E-state index in [0.717, 1.165) is 12.2 Å². The van der Waals surface area contributed by atoms with Gasteiger partial charge in [-0.05, 0) is 40.1 Å². The zero-order valence-electron chi connectivity index (χ0n) is 9.45. The van der Waals surface area contributed by atoms with E-state index >= 15 is 0 Å². The van der Waals surface area contributed by atoms with Gasteiger partial charge in [-0.15, -0.1) is 0 Å². The Kier molecular flexibility index (Phi) is 3.34. The van der Waals surface area contributed by atoms with E-state index in [1.165, 1.54) is 0 Å². The zero-order valence-corrected chi connectivity index (χ0v) is 9.45. The Balaban J connectivity index is 2.62. The van der Waals surface area contributed by atoms with Gasteiger partial charge in [0.15, 0.2) is 0 Å². The molecule has 0 fully saturated rings. The Labute approximate surface area is 85.9 Å². The summed E-state index contributed by atoms with van der Waals surface area (Å²) in [4.78, 5) is 2.14. The first kappa shape index (κ1) is 11.3. The normalized spacial score (nSPS) is 14.7. The first-order chi connectivity index (χ1) is 6.44. The minimum atomic E-state index is -0.0210. The van der Waals surface area contributed by atoms with Crippen LogP contribution < -0.4 is 5.73 Å². The highest BCUT2D eigenvalue weighted by atomic mass is 16.3. The summed E-state index contributed by atoms with van der Waals surface area (Å²) in [7, 11) is 4.09. The molecule has 0 aliphatic heterocycles. The van der Waals surface area contributed by atoms with Crippen molar-refractivity contribution in [1.29, 1.82) is 0 Å². The standard InChI is InChI=1S/C11H20N2O/c1-11(2,13(3)4)10(12)8-9-6-5-7-14-9/h5-7,10H,8,12H2,1-4H3. The van der Waals surface area contributed by atoms with Gasteiger partial charge in [-0.1, -0.05) is 0 Å². The second-order valence-corrected chi connectivity index (χ2v) is 4.44. The summed E-state index contributed by atoms with van der Waals surface area (Å²) in [5, 5.41) is 0. The smallest absolute Gasteiger partial charge is 0.105 e. The molecule has 0 saturated carbocycles. The number of hydrogen-bond donors (Lipinski definition) is 1. The third-order valence-corrected chi connectivity index (χ3v) is 3.06. The van der Waals surface area contributed by atoms with Crippen LogP contribution in [0.3, 0.4) is 0 Å². The molecule has 80 valence electrons. The predicted octanol–water partition coefficient (Wildman–Crippen LogP) is 1.49. The van der Waals surface area contributed by atoms with Gasteiger partial charge in [0.05, 0.1) is 6.26 Å². The molecule has 2 N–H and O–H groups in total. The minimum Gasteiger partial charge on any atom is -0.469 e. The predicted molar refractivity (Wildman–Crippen MR) is 58.2 cm³/mol. The van der Waals surface area contributed by atoms with Crippen LogP contribution in [-0.2, 0) is 6.42 Å². The van der Waals surface area contributed by atoms with E-state index in [1.54, 1.807) is 6.26 Å². The van der Waals surface area contributed by atoms with Gasteiger partial charge in [-0.25, -0.2) is 0 Å². The van der Waals surface area contributed by atoms with Crippen LogP contribution in [0, 0.1) is 0 Å². The topological polar surface area (TPSA) is 42.4 Å². The molecule has 14 heavy (non-hydrogen) atoms. The summed E-state index contributed by atoms with van der Waals surface area (Å²) in [6.45, 7) is 4.28. The van der Waals surface area contributed by atoms with Gasteiger partial charge >= 0.3 is 0 Å². The zero-order chi connectivity index (χ0) is 10.8. The lowest BCUT2D eigenvalue weighted by molar-refractivity contribution is 0.154. The number of rotatable bonds is 4. The van der Waals surface area contributed by atoms with Crippen molar-refractivity contribution in [1.82, 2.24) is 4.90 Å². The van der Waals surface area contributed by atoms with Crippen LogP contribution in [0.25, 0.3) is 0 Å². The molecule has 0 radical (unpaired) electrons. The lowest BCUT2D eigenvalue weighted by Crippen LogP contribution is -2.54. The van der Waals surface area contributed by atoms with Gasteiger partial charge < -0.3 is 15.1 Å². The van der Waals surface area contributed by atoms with Crippen molar-refractivity contribution in [2.75, 3.05) is 14.1 Å². The molecule has 0 aromatic carbocycles. The number of furan rings is 1. The average Bonchev–Trinajstić information content (AvgIpc) is 2.56. The molecule has 1 aromatic heterocycles. The molecule has 3 heteroatoms. The van der Waals surface area contributed by atoms with Crippen molar-refractivity contribution in [3.8, 4) is 0 Å². The van der Waals surface area contributed by atoms with E-state index < -0.39 is 0 Å². The number of nitrogens with two attached hydrogens (primary N) is 1. The lowest BCUT2D eigenvalue weighted by atomic mass is 9.91. The fourth-order valence-corrected chi connectivity index (χ4v) is 1.23. The third-order valence-electron chi connectivity index (χ3n) is 3.06. The SMILES string of the molecule is CN(C)C(C)(C)C(N)Cc1ccco1. The second kappa shape index (κ2) is 4.15. The Morgan fingerprint density at radius 3 is 2.57 bits per heavy atom. The maximum atomic E-state index is 6.14. The first-order valence-corrected chi connectivity index (χ1v) is 4.90. The molecular formula is C11H20N2O. The molecule has 3 nitrogen and oxygen atoms in total. The Hall–Kier alpha value is -0.800. The Morgan fingerprint density at radius 1 is 1.50 bits per heavy atom. The molecule has 0 aliphatic rings. The third kappa shape index (κ3) is 2.36. The minimum absolute atomic E-state index is 0.0210. The van der Waals surface area contributed by atoms with Gasteiger partial charge in [0.1, 0.15) is 5.76 Å². The van der Waals surface area contributed by atoms with E-state index in [0.29, 0.717) is 0 Å². The van der Waals surface area contributed by atoms with Gasteiger partial charge in [0, 0.05) is 18.0 Å². The van der Waals surface area contributed by atoms with Crippen LogP contribution in [-0.4, -0.2) is 30.6 Å². The van der Waals surface area contributed by atoms with Crippen molar-refractivity contribution in [2.24, 2.45) is 5.73 Å². The highest BCUT2D eigenvalue weighted by molar-refractivity contribution is 5.03. The number of likely N-dealkylation sites (N-methyl/N-ethyl adjacent to an activating group) is 1. The van der Waals surface area contributed by atoms with E-state index in [9.17, 15) is 0 Å². The quantitative estimate of drug-likeness (QED) is 0.793. The Bertz CT molecular complexity index is 265. The van der Waals surface area contributed by atoms with E-state index in [1.807, 2.05) is 26.2 Å². The molecule has 1 unspecified atom stereocenters. The van der Waals surface area contributed by atoms with Crippen LogP contribution in [0.15, 0.2) is 22.8 Å². The summed E-state index contributed by atoms with van der Waals surface area (Å²) in [6.07, 6.45) is 2.46. The summed E-state index contributed by atoms with van der Waals surface area (Å²) in [5.41, 5.74) is 6.12. The lowest BCUT2D eigenvalue weighted by Gasteiger charge is -2.37. The fraction of sp³-hybridized carbons (Fsp3) is 0.636. The average molecular weight is 196 g/mol. The highest BCUT2D eigenvalue weighted by Crippen LogP contribution is 2.17. The fourth-order valence-electron chi connectivity index (χ4n) is 1.23. The van der Waals surface area contributed by atoms with Gasteiger partial charge in [-0.3, -0.25) is 0 Å². The monoisotopic (exact) mass is 196 g/mol. The van der Waals surface area contributed by atoms with Gasteiger partial charge in [0.25, 0.3) is 0 Å². The maximum Gasteiger partial charge on any atom is 0.105 e. The van der Waals surface area contributed by atoms with Gasteiger partial charge in [0.2, 0.25) is 0 Å². The van der Waals surface area contributed by atoms with Crippen LogP contribution in [0.2, 0.25) is 0 Å². The Morgan fingerprint density at radius 2 is 2.14 bits per heavy atom. The molecule has 0 amide bonds. The highest BCUT2D eigenvalue weighted by Gasteiger charge is 2.29. The second-order valence-electron chi connectivity index (χ2n) is 4.44. The number of hydrogen-bond acceptors (Lipinski definition) is 3. The van der Waals surface area contributed by atoms with Crippen molar-refractivity contribution < 1.29 is 4.42 Å². The van der Waals surface area contributed by atoms with E-state index in [2.05, 4.69) is 18.7 Å². The van der Waals surface area contributed by atoms with Crippen LogP contribution in [0.5, 0.6) is 0 Å². The van der Waals surface area contributed by atoms with E-state index in [4.69, 9.17) is 10.2 Å². The summed E-state index contributed by atoms with van der Waals surface area (Å²) >= 11 is 0.